The highest BCUT2D eigenvalue weighted by atomic mass is 16.5. The zero-order valence-corrected chi connectivity index (χ0v) is 16.0. The van der Waals surface area contributed by atoms with Crippen LogP contribution in [0.15, 0.2) is 30.3 Å². The van der Waals surface area contributed by atoms with Crippen molar-refractivity contribution >= 4 is 5.78 Å². The van der Waals surface area contributed by atoms with Crippen molar-refractivity contribution in [3.05, 3.63) is 52.8 Å². The minimum absolute atomic E-state index is 0.0129. The molecule has 0 aliphatic carbocycles. The number of aliphatic hydroxyl groups is 1. The Kier molecular flexibility index (Phi) is 7.42. The molecular weight excluding hydrogens is 328 g/mol. The molecule has 0 aliphatic heterocycles. The van der Waals surface area contributed by atoms with Gasteiger partial charge in [0, 0.05) is 25.2 Å². The summed E-state index contributed by atoms with van der Waals surface area (Å²) in [5, 5.41) is 9.02. The summed E-state index contributed by atoms with van der Waals surface area (Å²) in [5.74, 6) is 1.05. The summed E-state index contributed by atoms with van der Waals surface area (Å²) in [7, 11) is 3.59. The first-order chi connectivity index (χ1) is 12.5. The van der Waals surface area contributed by atoms with Crippen molar-refractivity contribution in [3.8, 4) is 5.75 Å². The van der Waals surface area contributed by atoms with E-state index in [-0.39, 0.29) is 18.4 Å². The lowest BCUT2D eigenvalue weighted by molar-refractivity contribution is 0.0972. The van der Waals surface area contributed by atoms with Gasteiger partial charge in [-0.2, -0.15) is 0 Å². The third kappa shape index (κ3) is 5.19. The number of ether oxygens (including phenoxy) is 1. The predicted octanol–water partition coefficient (Wildman–Crippen LogP) is 2.80. The van der Waals surface area contributed by atoms with Gasteiger partial charge in [-0.25, -0.2) is 0 Å². The third-order valence-electron chi connectivity index (χ3n) is 4.85. The van der Waals surface area contributed by atoms with Gasteiger partial charge >= 0.3 is 0 Å². The second-order valence-corrected chi connectivity index (χ2v) is 6.83. The predicted molar refractivity (Wildman–Crippen MR) is 104 cm³/mol. The molecule has 26 heavy (non-hydrogen) atoms. The fourth-order valence-corrected chi connectivity index (χ4v) is 3.19. The van der Waals surface area contributed by atoms with Gasteiger partial charge in [0.2, 0.25) is 0 Å². The number of nitrogens with zero attached hydrogens (tertiary/aromatic N) is 1. The molecule has 0 radical (unpaired) electrons. The Balaban J connectivity index is 1.88. The molecule has 1 heterocycles. The van der Waals surface area contributed by atoms with Crippen LogP contribution >= 0.6 is 0 Å². The SMILES string of the molecule is COc1ccc(CCCC(=O)c2ccc(CCC(N)CO)n2C)cc1C. The van der Waals surface area contributed by atoms with Crippen LogP contribution in [-0.4, -0.2) is 35.2 Å². The van der Waals surface area contributed by atoms with Crippen LogP contribution in [0.5, 0.6) is 5.75 Å². The fourth-order valence-electron chi connectivity index (χ4n) is 3.19. The van der Waals surface area contributed by atoms with Crippen molar-refractivity contribution in [1.29, 1.82) is 0 Å². The fraction of sp³-hybridized carbons (Fsp3) is 0.476. The monoisotopic (exact) mass is 358 g/mol. The molecule has 0 bridgehead atoms. The lowest BCUT2D eigenvalue weighted by Crippen LogP contribution is -2.25. The van der Waals surface area contributed by atoms with Gasteiger partial charge in [-0.3, -0.25) is 4.79 Å². The van der Waals surface area contributed by atoms with Gasteiger partial charge in [0.05, 0.1) is 19.4 Å². The van der Waals surface area contributed by atoms with Crippen molar-refractivity contribution in [1.82, 2.24) is 4.57 Å². The van der Waals surface area contributed by atoms with E-state index in [1.807, 2.05) is 36.7 Å². The molecule has 1 unspecified atom stereocenters. The maximum absolute atomic E-state index is 12.5. The Labute approximate surface area is 155 Å². The molecule has 1 aromatic heterocycles. The largest absolute Gasteiger partial charge is 0.496 e. The van der Waals surface area contributed by atoms with Crippen LogP contribution in [0.1, 0.15) is 46.6 Å². The zero-order valence-electron chi connectivity index (χ0n) is 16.0. The van der Waals surface area contributed by atoms with E-state index in [4.69, 9.17) is 15.6 Å². The van der Waals surface area contributed by atoms with E-state index in [1.54, 1.807) is 7.11 Å². The van der Waals surface area contributed by atoms with Crippen molar-refractivity contribution in [2.45, 2.75) is 45.1 Å². The lowest BCUT2D eigenvalue weighted by Gasteiger charge is -2.10. The Bertz CT molecular complexity index is 737. The zero-order chi connectivity index (χ0) is 19.1. The first-order valence-electron chi connectivity index (χ1n) is 9.14. The van der Waals surface area contributed by atoms with Crippen LogP contribution in [0, 0.1) is 6.92 Å². The van der Waals surface area contributed by atoms with Crippen LogP contribution in [0.2, 0.25) is 0 Å². The molecule has 0 saturated heterocycles. The molecule has 0 aliphatic rings. The van der Waals surface area contributed by atoms with Crippen LogP contribution in [0.4, 0.5) is 0 Å². The van der Waals surface area contributed by atoms with Crippen molar-refractivity contribution in [2.24, 2.45) is 12.8 Å². The van der Waals surface area contributed by atoms with Crippen molar-refractivity contribution in [2.75, 3.05) is 13.7 Å². The maximum atomic E-state index is 12.5. The van der Waals surface area contributed by atoms with Gasteiger partial charge in [-0.1, -0.05) is 12.1 Å². The number of benzene rings is 1. The second kappa shape index (κ2) is 9.55. The maximum Gasteiger partial charge on any atom is 0.179 e. The Morgan fingerprint density at radius 3 is 2.69 bits per heavy atom. The first kappa shape index (κ1) is 20.2. The van der Waals surface area contributed by atoms with Crippen LogP contribution in [0.25, 0.3) is 0 Å². The van der Waals surface area contributed by atoms with E-state index < -0.39 is 0 Å². The number of aliphatic hydroxyl groups excluding tert-OH is 1. The molecule has 0 saturated carbocycles. The van der Waals surface area contributed by atoms with E-state index >= 15 is 0 Å². The van der Waals surface area contributed by atoms with Gasteiger partial charge in [-0.05, 0) is 61.9 Å². The average molecular weight is 358 g/mol. The number of aryl methyl sites for hydroxylation is 3. The van der Waals surface area contributed by atoms with Crippen LogP contribution in [0.3, 0.4) is 0 Å². The summed E-state index contributed by atoms with van der Waals surface area (Å²) in [6.45, 7) is 2.02. The summed E-state index contributed by atoms with van der Waals surface area (Å²) in [6.07, 6.45) is 3.69. The quantitative estimate of drug-likeness (QED) is 0.640. The molecule has 142 valence electrons. The Morgan fingerprint density at radius 2 is 2.04 bits per heavy atom. The van der Waals surface area contributed by atoms with Gasteiger partial charge in [0.15, 0.2) is 5.78 Å². The summed E-state index contributed by atoms with van der Waals surface area (Å²) in [5.41, 5.74) is 9.90. The Hall–Kier alpha value is -2.11. The van der Waals surface area contributed by atoms with Crippen molar-refractivity contribution in [3.63, 3.8) is 0 Å². The number of hydrogen-bond donors (Lipinski definition) is 2. The molecule has 0 fully saturated rings. The highest BCUT2D eigenvalue weighted by molar-refractivity contribution is 5.94. The number of methoxy groups -OCH3 is 1. The highest BCUT2D eigenvalue weighted by Crippen LogP contribution is 2.20. The summed E-state index contributed by atoms with van der Waals surface area (Å²) >= 11 is 0. The number of carbonyl (C=O) groups excluding carboxylic acids is 1. The van der Waals surface area contributed by atoms with Crippen LogP contribution in [-0.2, 0) is 19.9 Å². The summed E-state index contributed by atoms with van der Waals surface area (Å²) < 4.78 is 7.23. The molecule has 5 nitrogen and oxygen atoms in total. The number of hydrogen-bond acceptors (Lipinski definition) is 4. The molecule has 2 aromatic rings. The van der Waals surface area contributed by atoms with Gasteiger partial charge < -0.3 is 20.1 Å². The summed E-state index contributed by atoms with van der Waals surface area (Å²) in [4.78, 5) is 12.5. The number of nitrogens with two attached hydrogens (primary N) is 1. The van der Waals surface area contributed by atoms with Crippen LogP contribution < -0.4 is 10.5 Å². The first-order valence-corrected chi connectivity index (χ1v) is 9.14. The van der Waals surface area contributed by atoms with E-state index in [9.17, 15) is 4.79 Å². The van der Waals surface area contributed by atoms with E-state index in [0.29, 0.717) is 12.8 Å². The number of rotatable bonds is 10. The summed E-state index contributed by atoms with van der Waals surface area (Å²) in [6, 6.07) is 9.81. The molecule has 0 spiro atoms. The van der Waals surface area contributed by atoms with E-state index in [0.717, 1.165) is 42.0 Å². The minimum Gasteiger partial charge on any atom is -0.496 e. The normalized spacial score (nSPS) is 12.2. The number of Topliss-reactive ketones (excluding diaryl/α,β-unsaturated/α-hetero) is 1. The third-order valence-corrected chi connectivity index (χ3v) is 4.85. The molecule has 2 rings (SSSR count). The average Bonchev–Trinajstić information content (AvgIpc) is 3.00. The number of ketones is 1. The molecule has 1 atom stereocenters. The molecule has 0 amide bonds. The van der Waals surface area contributed by atoms with Gasteiger partial charge in [0.25, 0.3) is 0 Å². The van der Waals surface area contributed by atoms with E-state index in [2.05, 4.69) is 12.1 Å². The number of aromatic nitrogens is 1. The van der Waals surface area contributed by atoms with E-state index in [1.165, 1.54) is 5.56 Å². The lowest BCUT2D eigenvalue weighted by atomic mass is 10.0. The second-order valence-electron chi connectivity index (χ2n) is 6.83. The van der Waals surface area contributed by atoms with Crippen molar-refractivity contribution < 1.29 is 14.6 Å². The molecule has 1 aromatic carbocycles. The van der Waals surface area contributed by atoms with Gasteiger partial charge in [-0.15, -0.1) is 0 Å². The number of carbonyl (C=O) groups is 1. The molecule has 5 heteroatoms. The molecular formula is C21H30N2O3. The highest BCUT2D eigenvalue weighted by Gasteiger charge is 2.13. The van der Waals surface area contributed by atoms with Gasteiger partial charge in [0.1, 0.15) is 5.75 Å². The topological polar surface area (TPSA) is 77.5 Å². The smallest absolute Gasteiger partial charge is 0.179 e. The standard InChI is InChI=1S/C21H30N2O3/c1-15-13-16(7-12-21(15)26-3)5-4-6-20(25)19-11-10-18(23(19)2)9-8-17(22)14-24/h7,10-13,17,24H,4-6,8-9,14,22H2,1-3H3. The minimum atomic E-state index is -0.211. The Morgan fingerprint density at radius 1 is 1.27 bits per heavy atom. The molecule has 3 N–H and O–H groups in total.